The summed E-state index contributed by atoms with van der Waals surface area (Å²) in [6, 6.07) is 0. The van der Waals surface area contributed by atoms with Crippen molar-refractivity contribution >= 4 is 0 Å². The van der Waals surface area contributed by atoms with Crippen molar-refractivity contribution in [3.8, 4) is 0 Å². The van der Waals surface area contributed by atoms with Gasteiger partial charge in [-0.25, -0.2) is 0 Å². The highest BCUT2D eigenvalue weighted by Crippen LogP contribution is -0.283. The molecule has 0 amide bonds. The van der Waals surface area contributed by atoms with Gasteiger partial charge in [-0.2, -0.15) is 0 Å². The van der Waals surface area contributed by atoms with E-state index in [1.165, 1.54) is 0 Å². The quantitative estimate of drug-likeness (QED) is 0.323. The van der Waals surface area contributed by atoms with Crippen LogP contribution in [0, 0.1) is 0 Å². The monoisotopic (exact) mass is 161 g/mol. The van der Waals surface area contributed by atoms with E-state index >= 15 is 0 Å². The fourth-order valence-corrected chi connectivity index (χ4v) is 0. The summed E-state index contributed by atoms with van der Waals surface area (Å²) in [7, 11) is 0. The maximum atomic E-state index is 0. The van der Waals surface area contributed by atoms with E-state index in [-0.39, 0.29) is 50.7 Å². The van der Waals surface area contributed by atoms with E-state index < -0.39 is 0 Å². The Balaban J connectivity index is 0. The van der Waals surface area contributed by atoms with Crippen molar-refractivity contribution in [3.05, 3.63) is 0 Å². The third-order valence-electron chi connectivity index (χ3n) is 0. The molecule has 8 heavy (non-hydrogen) atoms. The second-order valence-electron chi connectivity index (χ2n) is 0. The Kier molecular flexibility index (Phi) is 1250000000000. The molecular weight excluding hydrogens is 147 g/mol. The summed E-state index contributed by atoms with van der Waals surface area (Å²) in [4.78, 5) is 0. The topological polar surface area (TPSA) is 220 Å². The molecule has 0 radical (unpaired) electrons. The van der Waals surface area contributed by atoms with E-state index in [2.05, 4.69) is 0 Å². The zero-order chi connectivity index (χ0) is 0. The SMILES string of the molecule is O.O.O.O.O.O.O.[Cl-]. The minimum atomic E-state index is 0. The summed E-state index contributed by atoms with van der Waals surface area (Å²) in [6.07, 6.45) is 0. The molecule has 0 saturated carbocycles. The van der Waals surface area contributed by atoms with Gasteiger partial charge in [0.15, 0.2) is 0 Å². The van der Waals surface area contributed by atoms with Gasteiger partial charge in [0.05, 0.1) is 0 Å². The molecule has 0 aliphatic rings. The van der Waals surface area contributed by atoms with Crippen LogP contribution in [-0.4, -0.2) is 38.3 Å². The summed E-state index contributed by atoms with van der Waals surface area (Å²) < 4.78 is 0. The molecule has 0 rings (SSSR count). The van der Waals surface area contributed by atoms with E-state index in [9.17, 15) is 0 Å². The van der Waals surface area contributed by atoms with E-state index in [4.69, 9.17) is 0 Å². The fraction of sp³-hybridized carbons (Fsp3) is 0. The van der Waals surface area contributed by atoms with Gasteiger partial charge in [0.25, 0.3) is 0 Å². The average molecular weight is 162 g/mol. The summed E-state index contributed by atoms with van der Waals surface area (Å²) in [6.45, 7) is 0. The first-order chi connectivity index (χ1) is 0. The van der Waals surface area contributed by atoms with Crippen molar-refractivity contribution in [2.75, 3.05) is 0 Å². The number of halogens is 1. The van der Waals surface area contributed by atoms with Gasteiger partial charge in [-0.1, -0.05) is 0 Å². The summed E-state index contributed by atoms with van der Waals surface area (Å²) in [5, 5.41) is 0. The molecule has 0 aliphatic carbocycles. The van der Waals surface area contributed by atoms with E-state index in [1.54, 1.807) is 0 Å². The molecule has 14 N–H and O–H groups in total. The van der Waals surface area contributed by atoms with Gasteiger partial charge in [-0.3, -0.25) is 0 Å². The van der Waals surface area contributed by atoms with Crippen molar-refractivity contribution in [2.24, 2.45) is 0 Å². The maximum absolute atomic E-state index is 0. The molecule has 0 aromatic carbocycles. The minimum absolute atomic E-state index is 0. The van der Waals surface area contributed by atoms with Crippen LogP contribution in [0.1, 0.15) is 0 Å². The van der Waals surface area contributed by atoms with Gasteiger partial charge < -0.3 is 50.7 Å². The highest BCUT2D eigenvalue weighted by molar-refractivity contribution is 0.830. The summed E-state index contributed by atoms with van der Waals surface area (Å²) >= 11 is 0. The number of hydrogen-bond acceptors (Lipinski definition) is 0. The van der Waals surface area contributed by atoms with Gasteiger partial charge in [-0.05, 0) is 0 Å². The van der Waals surface area contributed by atoms with Crippen molar-refractivity contribution in [1.82, 2.24) is 0 Å². The first kappa shape index (κ1) is 3940000. The molecule has 0 spiro atoms. The molecule has 0 aromatic rings. The Hall–Kier alpha value is 0.01000. The fourth-order valence-electron chi connectivity index (χ4n) is 0. The Morgan fingerprint density at radius 3 is 0.250 bits per heavy atom. The minimum Gasteiger partial charge on any atom is -1.00 e. The van der Waals surface area contributed by atoms with Crippen molar-refractivity contribution < 1.29 is 50.7 Å². The van der Waals surface area contributed by atoms with Crippen molar-refractivity contribution in [1.29, 1.82) is 0 Å². The normalized spacial score (nSPS) is 0. The Morgan fingerprint density at radius 2 is 0.250 bits per heavy atom. The molecule has 0 unspecified atom stereocenters. The molecule has 64 valence electrons. The predicted octanol–water partition coefficient (Wildman–Crippen LogP) is -8.77. The zero-order valence-corrected chi connectivity index (χ0v) is 4.63. The predicted molar refractivity (Wildman–Crippen MR) is 25.3 cm³/mol. The van der Waals surface area contributed by atoms with Crippen LogP contribution >= 0.6 is 0 Å². The number of hydrogen-bond donors (Lipinski definition) is 0. The van der Waals surface area contributed by atoms with Crippen LogP contribution in [0.25, 0.3) is 0 Å². The van der Waals surface area contributed by atoms with Crippen LogP contribution in [0.15, 0.2) is 0 Å². The molecule has 0 saturated heterocycles. The molecule has 0 aromatic heterocycles. The van der Waals surface area contributed by atoms with E-state index in [0.29, 0.717) is 0 Å². The third-order valence-corrected chi connectivity index (χ3v) is 0. The lowest BCUT2D eigenvalue weighted by Crippen LogP contribution is -3.00. The molecule has 0 bridgehead atoms. The maximum Gasteiger partial charge on any atom is -0.412 e. The standard InChI is InChI=1S/ClH.7H2O/h1H;7*1H2/p-1. The van der Waals surface area contributed by atoms with Crippen LogP contribution in [0.2, 0.25) is 0 Å². The summed E-state index contributed by atoms with van der Waals surface area (Å²) in [5.41, 5.74) is 0. The lowest BCUT2D eigenvalue weighted by Gasteiger charge is -1.00. The lowest BCUT2D eigenvalue weighted by atomic mass is 16.0. The van der Waals surface area contributed by atoms with Gasteiger partial charge in [0.1, 0.15) is 0 Å². The average Bonchev–Trinajstić information content (AvgIpc) is 0. The molecule has 0 heterocycles. The molecule has 0 aliphatic heterocycles. The first-order valence-electron chi connectivity index (χ1n) is 0. The smallest absolute Gasteiger partial charge is 0.412 e. The second kappa shape index (κ2) is 2530000. The molecule has 7 nitrogen and oxygen atoms in total. The second-order valence-corrected chi connectivity index (χ2v) is 0. The van der Waals surface area contributed by atoms with Crippen LogP contribution in [0.5, 0.6) is 0 Å². The van der Waals surface area contributed by atoms with Crippen molar-refractivity contribution in [3.63, 3.8) is 0 Å². The molecule has 0 fully saturated rings. The lowest BCUT2D eigenvalue weighted by molar-refractivity contribution is -0.00000844. The van der Waals surface area contributed by atoms with Gasteiger partial charge in [0, 0.05) is 0 Å². The van der Waals surface area contributed by atoms with E-state index in [1.807, 2.05) is 0 Å². The third kappa shape index (κ3) is 1510000. The van der Waals surface area contributed by atoms with Crippen LogP contribution < -0.4 is 12.4 Å². The van der Waals surface area contributed by atoms with Crippen LogP contribution in [0.3, 0.4) is 0 Å². The van der Waals surface area contributed by atoms with Gasteiger partial charge >= 0.3 is 0 Å². The van der Waals surface area contributed by atoms with Crippen molar-refractivity contribution in [2.45, 2.75) is 0 Å². The zero-order valence-electron chi connectivity index (χ0n) is 3.88. The Labute approximate surface area is 51.9 Å². The van der Waals surface area contributed by atoms with Crippen LogP contribution in [0.4, 0.5) is 0 Å². The van der Waals surface area contributed by atoms with Gasteiger partial charge in [-0.15, -0.1) is 0 Å². The largest absolute Gasteiger partial charge is 1.00 e. The molecular formula is H14ClO7-. The van der Waals surface area contributed by atoms with Crippen LogP contribution in [-0.2, 0) is 0 Å². The molecule has 8 heteroatoms. The highest BCUT2D eigenvalue weighted by Gasteiger charge is -0.405. The molecule has 0 atom stereocenters. The van der Waals surface area contributed by atoms with Gasteiger partial charge in [0.2, 0.25) is 0 Å². The highest BCUT2D eigenvalue weighted by atomic mass is 35.5. The Bertz CT molecular complexity index is 4.35. The Morgan fingerprint density at radius 1 is 0.250 bits per heavy atom. The first-order valence-corrected chi connectivity index (χ1v) is 0. The number of rotatable bonds is 0. The summed E-state index contributed by atoms with van der Waals surface area (Å²) in [5.74, 6) is 0. The van der Waals surface area contributed by atoms with E-state index in [0.717, 1.165) is 0 Å².